The Kier molecular flexibility index (Phi) is 6.53. The smallest absolute Gasteiger partial charge is 0.157 e. The highest BCUT2D eigenvalue weighted by atomic mass is 16.5. The SMILES string of the molecule is C=CCN(Cc1ccc(N(CC)CC)cc1)c1c(-c2ccccc2)noc1C. The third-order valence-corrected chi connectivity index (χ3v) is 4.98. The lowest BCUT2D eigenvalue weighted by Crippen LogP contribution is -2.24. The molecule has 0 aliphatic heterocycles. The zero-order chi connectivity index (χ0) is 19.9. The van der Waals surface area contributed by atoms with Crippen molar-refractivity contribution in [3.63, 3.8) is 0 Å². The molecule has 3 aromatic rings. The normalized spacial score (nSPS) is 10.7. The summed E-state index contributed by atoms with van der Waals surface area (Å²) >= 11 is 0. The Hall–Kier alpha value is -3.01. The van der Waals surface area contributed by atoms with E-state index in [4.69, 9.17) is 4.52 Å². The predicted molar refractivity (Wildman–Crippen MR) is 118 cm³/mol. The molecule has 0 spiro atoms. The maximum absolute atomic E-state index is 5.56. The van der Waals surface area contributed by atoms with E-state index in [1.807, 2.05) is 31.2 Å². The molecule has 0 saturated heterocycles. The van der Waals surface area contributed by atoms with Crippen molar-refractivity contribution in [2.45, 2.75) is 27.3 Å². The number of benzene rings is 2. The van der Waals surface area contributed by atoms with Crippen molar-refractivity contribution in [2.75, 3.05) is 29.4 Å². The van der Waals surface area contributed by atoms with E-state index in [1.165, 1.54) is 11.3 Å². The van der Waals surface area contributed by atoms with Crippen molar-refractivity contribution in [1.82, 2.24) is 5.16 Å². The van der Waals surface area contributed by atoms with E-state index in [9.17, 15) is 0 Å². The maximum Gasteiger partial charge on any atom is 0.157 e. The lowest BCUT2D eigenvalue weighted by atomic mass is 10.1. The summed E-state index contributed by atoms with van der Waals surface area (Å²) in [6.45, 7) is 13.8. The van der Waals surface area contributed by atoms with Gasteiger partial charge >= 0.3 is 0 Å². The average Bonchev–Trinajstić information content (AvgIpc) is 3.12. The fourth-order valence-electron chi connectivity index (χ4n) is 3.54. The summed E-state index contributed by atoms with van der Waals surface area (Å²) in [4.78, 5) is 4.62. The Morgan fingerprint density at radius 2 is 1.64 bits per heavy atom. The van der Waals surface area contributed by atoms with Gasteiger partial charge in [-0.15, -0.1) is 6.58 Å². The highest BCUT2D eigenvalue weighted by molar-refractivity contribution is 5.76. The van der Waals surface area contributed by atoms with Crippen LogP contribution in [-0.4, -0.2) is 24.8 Å². The molecule has 146 valence electrons. The van der Waals surface area contributed by atoms with Crippen LogP contribution >= 0.6 is 0 Å². The topological polar surface area (TPSA) is 32.5 Å². The Balaban J connectivity index is 1.89. The minimum atomic E-state index is 0.722. The zero-order valence-electron chi connectivity index (χ0n) is 17.1. The van der Waals surface area contributed by atoms with Gasteiger partial charge in [0, 0.05) is 37.4 Å². The van der Waals surface area contributed by atoms with Gasteiger partial charge in [0.05, 0.1) is 0 Å². The summed E-state index contributed by atoms with van der Waals surface area (Å²) in [5, 5.41) is 4.33. The molecule has 3 rings (SSSR count). The number of rotatable bonds is 9. The van der Waals surface area contributed by atoms with Gasteiger partial charge in [0.15, 0.2) is 5.76 Å². The third kappa shape index (κ3) is 4.28. The van der Waals surface area contributed by atoms with Crippen LogP contribution in [0, 0.1) is 6.92 Å². The summed E-state index contributed by atoms with van der Waals surface area (Å²) in [5.74, 6) is 0.820. The first kappa shape index (κ1) is 19.7. The molecule has 0 radical (unpaired) electrons. The van der Waals surface area contributed by atoms with Crippen LogP contribution in [-0.2, 0) is 6.54 Å². The molecule has 0 aliphatic carbocycles. The van der Waals surface area contributed by atoms with Gasteiger partial charge in [0.1, 0.15) is 11.4 Å². The van der Waals surface area contributed by atoms with Crippen LogP contribution in [0.1, 0.15) is 25.2 Å². The van der Waals surface area contributed by atoms with Crippen LogP contribution in [0.15, 0.2) is 71.8 Å². The van der Waals surface area contributed by atoms with Crippen molar-refractivity contribution >= 4 is 11.4 Å². The molecule has 28 heavy (non-hydrogen) atoms. The van der Waals surface area contributed by atoms with E-state index in [0.717, 1.165) is 48.9 Å². The Labute approximate surface area is 168 Å². The first-order valence-electron chi connectivity index (χ1n) is 9.89. The molecule has 0 aliphatic rings. The zero-order valence-corrected chi connectivity index (χ0v) is 17.1. The molecule has 0 N–H and O–H groups in total. The maximum atomic E-state index is 5.56. The number of aromatic nitrogens is 1. The number of hydrogen-bond donors (Lipinski definition) is 0. The van der Waals surface area contributed by atoms with Crippen molar-refractivity contribution in [1.29, 1.82) is 0 Å². The van der Waals surface area contributed by atoms with Crippen LogP contribution in [0.2, 0.25) is 0 Å². The molecule has 2 aromatic carbocycles. The molecule has 0 bridgehead atoms. The van der Waals surface area contributed by atoms with Crippen molar-refractivity contribution in [3.8, 4) is 11.3 Å². The van der Waals surface area contributed by atoms with Crippen molar-refractivity contribution in [2.24, 2.45) is 0 Å². The largest absolute Gasteiger partial charge is 0.372 e. The van der Waals surface area contributed by atoms with Crippen LogP contribution < -0.4 is 9.80 Å². The van der Waals surface area contributed by atoms with E-state index in [-0.39, 0.29) is 0 Å². The predicted octanol–water partition coefficient (Wildman–Crippen LogP) is 5.69. The van der Waals surface area contributed by atoms with E-state index in [2.05, 4.69) is 71.8 Å². The first-order valence-corrected chi connectivity index (χ1v) is 9.89. The van der Waals surface area contributed by atoms with Gasteiger partial charge in [-0.3, -0.25) is 0 Å². The molecule has 0 unspecified atom stereocenters. The summed E-state index contributed by atoms with van der Waals surface area (Å²) < 4.78 is 5.56. The van der Waals surface area contributed by atoms with Gasteiger partial charge in [0.2, 0.25) is 0 Å². The second-order valence-corrected chi connectivity index (χ2v) is 6.81. The fraction of sp³-hybridized carbons (Fsp3) is 0.292. The lowest BCUT2D eigenvalue weighted by molar-refractivity contribution is 0.399. The molecule has 4 nitrogen and oxygen atoms in total. The summed E-state index contributed by atoms with van der Waals surface area (Å²) in [5.41, 5.74) is 5.46. The number of nitrogens with zero attached hydrogens (tertiary/aromatic N) is 3. The summed E-state index contributed by atoms with van der Waals surface area (Å²) in [7, 11) is 0. The van der Waals surface area contributed by atoms with Crippen LogP contribution in [0.25, 0.3) is 11.3 Å². The Bertz CT molecular complexity index is 880. The van der Waals surface area contributed by atoms with Crippen LogP contribution in [0.4, 0.5) is 11.4 Å². The molecule has 4 heteroatoms. The minimum absolute atomic E-state index is 0.722. The van der Waals surface area contributed by atoms with E-state index in [1.54, 1.807) is 0 Å². The van der Waals surface area contributed by atoms with Crippen LogP contribution in [0.3, 0.4) is 0 Å². The van der Waals surface area contributed by atoms with Crippen LogP contribution in [0.5, 0.6) is 0 Å². The third-order valence-electron chi connectivity index (χ3n) is 4.98. The van der Waals surface area contributed by atoms with Gasteiger partial charge in [-0.2, -0.15) is 0 Å². The molecule has 0 fully saturated rings. The molecule has 1 aromatic heterocycles. The second kappa shape index (κ2) is 9.27. The van der Waals surface area contributed by atoms with Gasteiger partial charge in [-0.1, -0.05) is 53.7 Å². The van der Waals surface area contributed by atoms with Gasteiger partial charge in [0.25, 0.3) is 0 Å². The van der Waals surface area contributed by atoms with Gasteiger partial charge in [-0.25, -0.2) is 0 Å². The Morgan fingerprint density at radius 3 is 2.25 bits per heavy atom. The number of aryl methyl sites for hydroxylation is 1. The molecule has 1 heterocycles. The quantitative estimate of drug-likeness (QED) is 0.450. The molecule has 0 amide bonds. The fourth-order valence-corrected chi connectivity index (χ4v) is 3.54. The van der Waals surface area contributed by atoms with E-state index < -0.39 is 0 Å². The van der Waals surface area contributed by atoms with Gasteiger partial charge in [-0.05, 0) is 38.5 Å². The first-order chi connectivity index (χ1) is 13.7. The van der Waals surface area contributed by atoms with Crippen molar-refractivity contribution < 1.29 is 4.52 Å². The van der Waals surface area contributed by atoms with Gasteiger partial charge < -0.3 is 14.3 Å². The molecular weight excluding hydrogens is 346 g/mol. The standard InChI is InChI=1S/C24H29N3O/c1-5-17-27(18-20-13-15-22(16-14-20)26(6-2)7-3)24-19(4)28-25-23(24)21-11-9-8-10-12-21/h5,8-16H,1,6-7,17-18H2,2-4H3. The lowest BCUT2D eigenvalue weighted by Gasteiger charge is -2.25. The van der Waals surface area contributed by atoms with Crippen molar-refractivity contribution in [3.05, 3.63) is 78.6 Å². The highest BCUT2D eigenvalue weighted by Gasteiger charge is 2.20. The van der Waals surface area contributed by atoms with E-state index in [0.29, 0.717) is 0 Å². The summed E-state index contributed by atoms with van der Waals surface area (Å²) in [6, 6.07) is 19.0. The average molecular weight is 376 g/mol. The number of hydrogen-bond acceptors (Lipinski definition) is 4. The molecule has 0 atom stereocenters. The Morgan fingerprint density at radius 1 is 0.964 bits per heavy atom. The molecule has 0 saturated carbocycles. The monoisotopic (exact) mass is 375 g/mol. The summed E-state index contributed by atoms with van der Waals surface area (Å²) in [6.07, 6.45) is 1.92. The van der Waals surface area contributed by atoms with E-state index >= 15 is 0 Å². The second-order valence-electron chi connectivity index (χ2n) is 6.81. The minimum Gasteiger partial charge on any atom is -0.372 e. The number of anilines is 2. The highest BCUT2D eigenvalue weighted by Crippen LogP contribution is 2.34. The molecular formula is C24H29N3O.